The molecule has 26 heavy (non-hydrogen) atoms. The number of hydrogen-bond acceptors (Lipinski definition) is 5. The molecule has 0 amide bonds. The van der Waals surface area contributed by atoms with Gasteiger partial charge in [-0.15, -0.1) is 11.3 Å². The normalized spacial score (nSPS) is 15.0. The predicted molar refractivity (Wildman–Crippen MR) is 110 cm³/mol. The SMILES string of the molecule is CC1=C(C)N(c2ccc(-c3nc4ccccc4s3)c(N)c2)C(C)=C(C)O1. The Kier molecular flexibility index (Phi) is 3.96. The van der Waals surface area contributed by atoms with Crippen LogP contribution in [0.15, 0.2) is 65.4 Å². The van der Waals surface area contributed by atoms with Crippen LogP contribution in [-0.2, 0) is 4.74 Å². The smallest absolute Gasteiger partial charge is 0.126 e. The van der Waals surface area contributed by atoms with Crippen molar-refractivity contribution in [1.82, 2.24) is 4.98 Å². The van der Waals surface area contributed by atoms with E-state index in [-0.39, 0.29) is 0 Å². The molecule has 0 aliphatic carbocycles. The van der Waals surface area contributed by atoms with Crippen LogP contribution in [0.4, 0.5) is 11.4 Å². The first-order valence-electron chi connectivity index (χ1n) is 8.54. The van der Waals surface area contributed by atoms with E-state index in [1.807, 2.05) is 38.1 Å². The minimum Gasteiger partial charge on any atom is -0.463 e. The average molecular weight is 363 g/mol. The van der Waals surface area contributed by atoms with E-state index < -0.39 is 0 Å². The predicted octanol–water partition coefficient (Wildman–Crippen LogP) is 5.88. The van der Waals surface area contributed by atoms with Gasteiger partial charge < -0.3 is 15.4 Å². The third-order valence-corrected chi connectivity index (χ3v) is 5.88. The van der Waals surface area contributed by atoms with Crippen molar-refractivity contribution in [1.29, 1.82) is 0 Å². The number of benzene rings is 2. The van der Waals surface area contributed by atoms with Gasteiger partial charge >= 0.3 is 0 Å². The summed E-state index contributed by atoms with van der Waals surface area (Å²) in [6, 6.07) is 14.3. The van der Waals surface area contributed by atoms with Crippen LogP contribution in [0, 0.1) is 0 Å². The molecule has 1 aromatic heterocycles. The van der Waals surface area contributed by atoms with Crippen molar-refractivity contribution >= 4 is 32.9 Å². The molecule has 0 unspecified atom stereocenters. The molecule has 2 aromatic carbocycles. The zero-order valence-electron chi connectivity index (χ0n) is 15.3. The van der Waals surface area contributed by atoms with Gasteiger partial charge in [-0.05, 0) is 58.0 Å². The average Bonchev–Trinajstić information content (AvgIpc) is 3.04. The molecule has 5 heteroatoms. The Bertz CT molecular complexity index is 1020. The molecule has 3 aromatic rings. The third kappa shape index (κ3) is 2.65. The second kappa shape index (κ2) is 6.18. The van der Waals surface area contributed by atoms with E-state index in [1.165, 1.54) is 4.70 Å². The molecule has 0 bridgehead atoms. The Morgan fingerprint density at radius 1 is 0.962 bits per heavy atom. The largest absolute Gasteiger partial charge is 0.463 e. The zero-order valence-corrected chi connectivity index (χ0v) is 16.1. The fourth-order valence-corrected chi connectivity index (χ4v) is 4.22. The van der Waals surface area contributed by atoms with E-state index in [9.17, 15) is 0 Å². The molecule has 1 aliphatic heterocycles. The summed E-state index contributed by atoms with van der Waals surface area (Å²) in [5.74, 6) is 1.81. The van der Waals surface area contributed by atoms with E-state index >= 15 is 0 Å². The van der Waals surface area contributed by atoms with Gasteiger partial charge in [-0.2, -0.15) is 0 Å². The first kappa shape index (κ1) is 16.7. The topological polar surface area (TPSA) is 51.4 Å². The van der Waals surface area contributed by atoms with Crippen molar-refractivity contribution in [2.45, 2.75) is 27.7 Å². The number of thiazole rings is 1. The Morgan fingerprint density at radius 3 is 2.31 bits per heavy atom. The summed E-state index contributed by atoms with van der Waals surface area (Å²) in [7, 11) is 0. The lowest BCUT2D eigenvalue weighted by molar-refractivity contribution is 0.288. The second-order valence-electron chi connectivity index (χ2n) is 6.48. The maximum atomic E-state index is 6.42. The van der Waals surface area contributed by atoms with Crippen LogP contribution in [0.1, 0.15) is 27.7 Å². The maximum absolute atomic E-state index is 6.42. The van der Waals surface area contributed by atoms with Gasteiger partial charge in [0.25, 0.3) is 0 Å². The van der Waals surface area contributed by atoms with Gasteiger partial charge in [0.1, 0.15) is 16.5 Å². The lowest BCUT2D eigenvalue weighted by Gasteiger charge is -2.33. The number of nitrogens with zero attached hydrogens (tertiary/aromatic N) is 2. The van der Waals surface area contributed by atoms with Crippen LogP contribution >= 0.6 is 11.3 Å². The second-order valence-corrected chi connectivity index (χ2v) is 7.51. The molecule has 0 spiro atoms. The molecular weight excluding hydrogens is 342 g/mol. The molecule has 0 saturated heterocycles. The van der Waals surface area contributed by atoms with Crippen molar-refractivity contribution in [2.75, 3.05) is 10.6 Å². The number of nitrogen functional groups attached to an aromatic ring is 1. The van der Waals surface area contributed by atoms with Gasteiger partial charge in [0.05, 0.1) is 21.6 Å². The number of nitrogens with two attached hydrogens (primary N) is 1. The minimum atomic E-state index is 0.726. The van der Waals surface area contributed by atoms with Crippen LogP contribution in [-0.4, -0.2) is 4.98 Å². The summed E-state index contributed by atoms with van der Waals surface area (Å²) < 4.78 is 6.97. The Labute approximate surface area is 157 Å². The highest BCUT2D eigenvalue weighted by atomic mass is 32.1. The number of hydrogen-bond donors (Lipinski definition) is 1. The summed E-state index contributed by atoms with van der Waals surface area (Å²) in [6.45, 7) is 8.08. The monoisotopic (exact) mass is 363 g/mol. The van der Waals surface area contributed by atoms with E-state index in [4.69, 9.17) is 15.5 Å². The Hall–Kier alpha value is -2.79. The first-order valence-corrected chi connectivity index (χ1v) is 9.36. The number of anilines is 2. The highest BCUT2D eigenvalue weighted by Gasteiger charge is 2.22. The van der Waals surface area contributed by atoms with Gasteiger partial charge in [-0.1, -0.05) is 12.1 Å². The van der Waals surface area contributed by atoms with Crippen LogP contribution < -0.4 is 10.6 Å². The van der Waals surface area contributed by atoms with Crippen LogP contribution in [0.2, 0.25) is 0 Å². The highest BCUT2D eigenvalue weighted by Crippen LogP contribution is 2.38. The number of allylic oxidation sites excluding steroid dienone is 4. The van der Waals surface area contributed by atoms with Crippen LogP contribution in [0.3, 0.4) is 0 Å². The fourth-order valence-electron chi connectivity index (χ4n) is 3.20. The van der Waals surface area contributed by atoms with Crippen molar-refractivity contribution < 1.29 is 4.74 Å². The molecule has 1 aliphatic rings. The van der Waals surface area contributed by atoms with Gasteiger partial charge in [0.2, 0.25) is 0 Å². The van der Waals surface area contributed by atoms with E-state index in [2.05, 4.69) is 36.9 Å². The van der Waals surface area contributed by atoms with Crippen molar-refractivity contribution in [3.8, 4) is 10.6 Å². The van der Waals surface area contributed by atoms with E-state index in [0.29, 0.717) is 0 Å². The summed E-state index contributed by atoms with van der Waals surface area (Å²) in [5, 5.41) is 0.948. The van der Waals surface area contributed by atoms with Gasteiger partial charge in [0.15, 0.2) is 0 Å². The molecule has 0 fully saturated rings. The molecule has 0 atom stereocenters. The summed E-state index contributed by atoms with van der Waals surface area (Å²) in [5.41, 5.74) is 12.3. The molecule has 2 heterocycles. The third-order valence-electron chi connectivity index (χ3n) is 4.81. The zero-order chi connectivity index (χ0) is 18.4. The summed E-state index contributed by atoms with van der Waals surface area (Å²) in [6.07, 6.45) is 0. The maximum Gasteiger partial charge on any atom is 0.126 e. The van der Waals surface area contributed by atoms with E-state index in [0.717, 1.165) is 50.4 Å². The molecule has 0 radical (unpaired) electrons. The number of para-hydroxylation sites is 1. The lowest BCUT2D eigenvalue weighted by Crippen LogP contribution is -2.25. The molecule has 2 N–H and O–H groups in total. The summed E-state index contributed by atoms with van der Waals surface area (Å²) in [4.78, 5) is 6.91. The van der Waals surface area contributed by atoms with Crippen molar-refractivity contribution in [2.24, 2.45) is 0 Å². The molecule has 132 valence electrons. The standard InChI is InChI=1S/C21H21N3OS/c1-12-14(3)25-15(4)13(2)24(12)16-9-10-17(18(22)11-16)21-23-19-7-5-6-8-20(19)26-21/h5-11H,22H2,1-4H3. The van der Waals surface area contributed by atoms with Crippen LogP contribution in [0.5, 0.6) is 0 Å². The molecule has 4 rings (SSSR count). The van der Waals surface area contributed by atoms with Gasteiger partial charge in [-0.3, -0.25) is 0 Å². The quantitative estimate of drug-likeness (QED) is 0.577. The fraction of sp³-hybridized carbons (Fsp3) is 0.190. The number of fused-ring (bicyclic) bond motifs is 1. The molecule has 0 saturated carbocycles. The van der Waals surface area contributed by atoms with Gasteiger partial charge in [0, 0.05) is 16.9 Å². The van der Waals surface area contributed by atoms with Crippen molar-refractivity contribution in [3.63, 3.8) is 0 Å². The van der Waals surface area contributed by atoms with Crippen LogP contribution in [0.25, 0.3) is 20.8 Å². The first-order chi connectivity index (χ1) is 12.5. The Morgan fingerprint density at radius 2 is 1.65 bits per heavy atom. The number of aromatic nitrogens is 1. The molecule has 4 nitrogen and oxygen atoms in total. The van der Waals surface area contributed by atoms with E-state index in [1.54, 1.807) is 11.3 Å². The number of ether oxygens (including phenoxy) is 1. The molecular formula is C21H21N3OS. The summed E-state index contributed by atoms with van der Waals surface area (Å²) >= 11 is 1.66. The number of rotatable bonds is 2. The van der Waals surface area contributed by atoms with Crippen molar-refractivity contribution in [3.05, 3.63) is 65.4 Å². The van der Waals surface area contributed by atoms with Gasteiger partial charge in [-0.25, -0.2) is 4.98 Å². The minimum absolute atomic E-state index is 0.726. The Balaban J connectivity index is 1.78. The lowest BCUT2D eigenvalue weighted by atomic mass is 10.1. The highest BCUT2D eigenvalue weighted by molar-refractivity contribution is 7.21.